The lowest BCUT2D eigenvalue weighted by molar-refractivity contribution is 0.526. The summed E-state index contributed by atoms with van der Waals surface area (Å²) in [6.07, 6.45) is 2.01. The third-order valence-corrected chi connectivity index (χ3v) is 3.39. The van der Waals surface area contributed by atoms with Gasteiger partial charge in [0.1, 0.15) is 4.99 Å². The third kappa shape index (κ3) is 3.17. The van der Waals surface area contributed by atoms with Gasteiger partial charge in [-0.15, -0.1) is 0 Å². The van der Waals surface area contributed by atoms with E-state index < -0.39 is 0 Å². The Balaban J connectivity index is 2.19. The summed E-state index contributed by atoms with van der Waals surface area (Å²) in [6.45, 7) is 4.95. The number of hydrogen-bond donors (Lipinski definition) is 1. The van der Waals surface area contributed by atoms with Crippen LogP contribution in [0.5, 0.6) is 0 Å². The molecule has 0 unspecified atom stereocenters. The Morgan fingerprint density at radius 3 is 2.65 bits per heavy atom. The van der Waals surface area contributed by atoms with Gasteiger partial charge in [0.15, 0.2) is 0 Å². The summed E-state index contributed by atoms with van der Waals surface area (Å²) < 4.78 is 1.96. The minimum atomic E-state index is 0.373. The van der Waals surface area contributed by atoms with Crippen molar-refractivity contribution in [1.29, 1.82) is 0 Å². The lowest BCUT2D eigenvalue weighted by atomic mass is 10.1. The molecule has 2 aromatic rings. The molecule has 1 aromatic heterocycles. The van der Waals surface area contributed by atoms with E-state index in [1.807, 2.05) is 48.3 Å². The van der Waals surface area contributed by atoms with Gasteiger partial charge in [-0.25, -0.2) is 0 Å². The van der Waals surface area contributed by atoms with Crippen molar-refractivity contribution in [2.45, 2.75) is 26.4 Å². The number of aromatic nitrogens is 2. The van der Waals surface area contributed by atoms with Crippen LogP contribution in [-0.4, -0.2) is 21.8 Å². The van der Waals surface area contributed by atoms with Crippen LogP contribution in [0.25, 0.3) is 0 Å². The van der Waals surface area contributed by atoms with Crippen LogP contribution in [0.1, 0.15) is 31.1 Å². The smallest absolute Gasteiger partial charge is 0.106 e. The van der Waals surface area contributed by atoms with Crippen molar-refractivity contribution in [2.75, 3.05) is 11.9 Å². The molecule has 0 bridgehead atoms. The van der Waals surface area contributed by atoms with Gasteiger partial charge >= 0.3 is 0 Å². The first kappa shape index (κ1) is 14.5. The van der Waals surface area contributed by atoms with Gasteiger partial charge in [-0.1, -0.05) is 24.4 Å². The Kier molecular flexibility index (Phi) is 4.39. The molecule has 5 heteroatoms. The molecule has 0 aliphatic carbocycles. The quantitative estimate of drug-likeness (QED) is 0.859. The number of benzene rings is 1. The van der Waals surface area contributed by atoms with Gasteiger partial charge in [0.25, 0.3) is 0 Å². The van der Waals surface area contributed by atoms with Crippen LogP contribution in [-0.2, 0) is 6.54 Å². The van der Waals surface area contributed by atoms with E-state index >= 15 is 0 Å². The molecule has 106 valence electrons. The van der Waals surface area contributed by atoms with Gasteiger partial charge in [-0.2, -0.15) is 5.10 Å². The minimum Gasteiger partial charge on any atom is -0.389 e. The summed E-state index contributed by atoms with van der Waals surface area (Å²) in [5.41, 5.74) is 8.72. The van der Waals surface area contributed by atoms with Crippen LogP contribution in [0, 0.1) is 0 Å². The fourth-order valence-corrected chi connectivity index (χ4v) is 2.26. The fraction of sp³-hybridized carbons (Fsp3) is 0.333. The van der Waals surface area contributed by atoms with E-state index in [1.54, 1.807) is 0 Å². The van der Waals surface area contributed by atoms with E-state index in [4.69, 9.17) is 18.0 Å². The average Bonchev–Trinajstić information content (AvgIpc) is 2.87. The lowest BCUT2D eigenvalue weighted by Gasteiger charge is -2.21. The van der Waals surface area contributed by atoms with E-state index in [-0.39, 0.29) is 0 Å². The molecule has 0 atom stereocenters. The normalized spacial score (nSPS) is 10.8. The van der Waals surface area contributed by atoms with Crippen molar-refractivity contribution in [3.63, 3.8) is 0 Å². The summed E-state index contributed by atoms with van der Waals surface area (Å²) >= 11 is 5.10. The molecule has 0 fully saturated rings. The molecule has 4 nitrogen and oxygen atoms in total. The van der Waals surface area contributed by atoms with Crippen LogP contribution < -0.4 is 10.6 Å². The highest BCUT2D eigenvalue weighted by atomic mass is 32.1. The molecule has 0 amide bonds. The molecular weight excluding hydrogens is 268 g/mol. The van der Waals surface area contributed by atoms with Gasteiger partial charge in [-0.05, 0) is 32.0 Å². The number of para-hydroxylation sites is 1. The summed E-state index contributed by atoms with van der Waals surface area (Å²) in [5, 5.41) is 4.56. The van der Waals surface area contributed by atoms with E-state index in [0.717, 1.165) is 23.5 Å². The number of nitrogens with zero attached hydrogens (tertiary/aromatic N) is 3. The second-order valence-corrected chi connectivity index (χ2v) is 5.56. The molecule has 20 heavy (non-hydrogen) atoms. The van der Waals surface area contributed by atoms with Gasteiger partial charge in [-0.3, -0.25) is 4.68 Å². The lowest BCUT2D eigenvalue weighted by Crippen LogP contribution is -2.21. The van der Waals surface area contributed by atoms with Crippen LogP contribution in [0.2, 0.25) is 0 Å². The maximum absolute atomic E-state index is 5.77. The predicted octanol–water partition coefficient (Wildman–Crippen LogP) is 2.73. The fourth-order valence-electron chi connectivity index (χ4n) is 2.09. The van der Waals surface area contributed by atoms with E-state index in [0.29, 0.717) is 11.0 Å². The highest BCUT2D eigenvalue weighted by Gasteiger charge is 2.11. The molecule has 2 rings (SSSR count). The zero-order chi connectivity index (χ0) is 14.7. The zero-order valence-electron chi connectivity index (χ0n) is 12.1. The number of nitrogens with two attached hydrogens (primary N) is 1. The SMILES string of the molecule is CC(C)n1ccc(CN(C)c2ccccc2C(N)=S)n1. The van der Waals surface area contributed by atoms with Crippen molar-refractivity contribution < 1.29 is 0 Å². The molecule has 0 aliphatic rings. The molecule has 0 radical (unpaired) electrons. The highest BCUT2D eigenvalue weighted by molar-refractivity contribution is 7.80. The first-order valence-electron chi connectivity index (χ1n) is 6.63. The molecule has 0 saturated heterocycles. The summed E-state index contributed by atoms with van der Waals surface area (Å²) in [4.78, 5) is 2.53. The average molecular weight is 288 g/mol. The molecule has 1 heterocycles. The minimum absolute atomic E-state index is 0.373. The number of thiocarbonyl (C=S) groups is 1. The molecule has 0 saturated carbocycles. The van der Waals surface area contributed by atoms with Gasteiger partial charge in [0.2, 0.25) is 0 Å². The van der Waals surface area contributed by atoms with E-state index in [9.17, 15) is 0 Å². The second kappa shape index (κ2) is 6.05. The van der Waals surface area contributed by atoms with Crippen LogP contribution in [0.4, 0.5) is 5.69 Å². The standard InChI is InChI=1S/C15H20N4S/c1-11(2)19-9-8-12(17-19)10-18(3)14-7-5-4-6-13(14)15(16)20/h4-9,11H,10H2,1-3H3,(H2,16,20). The van der Waals surface area contributed by atoms with Crippen molar-refractivity contribution in [2.24, 2.45) is 5.73 Å². The van der Waals surface area contributed by atoms with E-state index in [2.05, 4.69) is 23.8 Å². The number of hydrogen-bond acceptors (Lipinski definition) is 3. The Morgan fingerprint density at radius 1 is 1.35 bits per heavy atom. The Labute approximate surface area is 125 Å². The largest absolute Gasteiger partial charge is 0.389 e. The van der Waals surface area contributed by atoms with Crippen LogP contribution in [0.3, 0.4) is 0 Å². The van der Waals surface area contributed by atoms with Crippen molar-refractivity contribution in [1.82, 2.24) is 9.78 Å². The highest BCUT2D eigenvalue weighted by Crippen LogP contribution is 2.20. The second-order valence-electron chi connectivity index (χ2n) is 5.12. The summed E-state index contributed by atoms with van der Waals surface area (Å²) in [6, 6.07) is 10.3. The van der Waals surface area contributed by atoms with E-state index in [1.165, 1.54) is 0 Å². The first-order valence-corrected chi connectivity index (χ1v) is 7.04. The van der Waals surface area contributed by atoms with Crippen LogP contribution in [0.15, 0.2) is 36.5 Å². The third-order valence-electron chi connectivity index (χ3n) is 3.17. The molecule has 0 aliphatic heterocycles. The Hall–Kier alpha value is -1.88. The van der Waals surface area contributed by atoms with Gasteiger partial charge in [0, 0.05) is 30.5 Å². The topological polar surface area (TPSA) is 47.1 Å². The maximum Gasteiger partial charge on any atom is 0.106 e. The molecular formula is C15H20N4S. The van der Waals surface area contributed by atoms with Crippen molar-refractivity contribution >= 4 is 22.9 Å². The Bertz CT molecular complexity index is 603. The van der Waals surface area contributed by atoms with Gasteiger partial charge < -0.3 is 10.6 Å². The van der Waals surface area contributed by atoms with Gasteiger partial charge in [0.05, 0.1) is 12.2 Å². The van der Waals surface area contributed by atoms with Crippen molar-refractivity contribution in [3.8, 4) is 0 Å². The van der Waals surface area contributed by atoms with Crippen LogP contribution >= 0.6 is 12.2 Å². The molecule has 0 spiro atoms. The monoisotopic (exact) mass is 288 g/mol. The van der Waals surface area contributed by atoms with Crippen molar-refractivity contribution in [3.05, 3.63) is 47.8 Å². The summed E-state index contributed by atoms with van der Waals surface area (Å²) in [5.74, 6) is 0. The number of anilines is 1. The first-order chi connectivity index (χ1) is 9.49. The zero-order valence-corrected chi connectivity index (χ0v) is 12.9. The maximum atomic E-state index is 5.77. The number of rotatable bonds is 5. The molecule has 2 N–H and O–H groups in total. The predicted molar refractivity (Wildman–Crippen MR) is 87.0 cm³/mol. The molecule has 1 aromatic carbocycles. The Morgan fingerprint density at radius 2 is 2.05 bits per heavy atom. The summed E-state index contributed by atoms with van der Waals surface area (Å²) in [7, 11) is 2.02.